The lowest BCUT2D eigenvalue weighted by molar-refractivity contribution is -0.140. The van der Waals surface area contributed by atoms with Gasteiger partial charge in [0.15, 0.2) is 11.5 Å². The summed E-state index contributed by atoms with van der Waals surface area (Å²) < 4.78 is 11.1. The summed E-state index contributed by atoms with van der Waals surface area (Å²) in [4.78, 5) is 35.4. The molecule has 9 nitrogen and oxygen atoms in total. The van der Waals surface area contributed by atoms with Gasteiger partial charge < -0.3 is 19.9 Å². The molecule has 1 aliphatic heterocycles. The fourth-order valence-electron chi connectivity index (χ4n) is 2.82. The molecule has 1 fully saturated rings. The molecule has 0 aromatic heterocycles. The molecule has 0 unspecified atom stereocenters. The predicted molar refractivity (Wildman–Crippen MR) is 104 cm³/mol. The first-order chi connectivity index (χ1) is 14.4. The summed E-state index contributed by atoms with van der Waals surface area (Å²) in [5.41, 5.74) is 1.74. The third-order valence-corrected chi connectivity index (χ3v) is 4.28. The summed E-state index contributed by atoms with van der Waals surface area (Å²) in [6.07, 6.45) is 1.42. The number of nitrogens with zero attached hydrogens (tertiary/aromatic N) is 2. The van der Waals surface area contributed by atoms with E-state index in [1.807, 2.05) is 6.07 Å². The Morgan fingerprint density at radius 1 is 1.23 bits per heavy atom. The molecule has 0 bridgehead atoms. The van der Waals surface area contributed by atoms with Gasteiger partial charge in [0.1, 0.15) is 18.8 Å². The SMILES string of the molecule is COc1cc(C=C2NC(=O)N(CC(=O)O)C2=O)ccc1OCc1ccccc1C#N. The molecule has 1 aliphatic rings. The molecule has 3 rings (SSSR count). The first kappa shape index (κ1) is 20.4. The molecule has 3 amide bonds. The second-order valence-electron chi connectivity index (χ2n) is 6.24. The zero-order chi connectivity index (χ0) is 21.7. The Balaban J connectivity index is 1.78. The average Bonchev–Trinajstić information content (AvgIpc) is 2.99. The van der Waals surface area contributed by atoms with Crippen LogP contribution in [0.2, 0.25) is 0 Å². The highest BCUT2D eigenvalue weighted by Gasteiger charge is 2.34. The number of benzene rings is 2. The van der Waals surface area contributed by atoms with Gasteiger partial charge in [-0.15, -0.1) is 0 Å². The molecular formula is C21H17N3O6. The van der Waals surface area contributed by atoms with Crippen LogP contribution in [-0.4, -0.2) is 41.6 Å². The quantitative estimate of drug-likeness (QED) is 0.531. The maximum Gasteiger partial charge on any atom is 0.329 e. The summed E-state index contributed by atoms with van der Waals surface area (Å²) >= 11 is 0. The molecule has 0 spiro atoms. The largest absolute Gasteiger partial charge is 0.493 e. The Hall–Kier alpha value is -4.32. The fraction of sp³-hybridized carbons (Fsp3) is 0.143. The normalized spacial score (nSPS) is 14.4. The number of amides is 3. The molecule has 0 radical (unpaired) electrons. The Kier molecular flexibility index (Phi) is 5.98. The van der Waals surface area contributed by atoms with Gasteiger partial charge in [0.25, 0.3) is 5.91 Å². The highest BCUT2D eigenvalue weighted by molar-refractivity contribution is 6.15. The molecule has 0 atom stereocenters. The Bertz CT molecular complexity index is 1090. The molecule has 30 heavy (non-hydrogen) atoms. The monoisotopic (exact) mass is 407 g/mol. The zero-order valence-corrected chi connectivity index (χ0v) is 15.9. The third-order valence-electron chi connectivity index (χ3n) is 4.28. The van der Waals surface area contributed by atoms with Crippen molar-refractivity contribution in [2.75, 3.05) is 13.7 Å². The number of hydrogen-bond acceptors (Lipinski definition) is 6. The van der Waals surface area contributed by atoms with Crippen LogP contribution in [0.15, 0.2) is 48.2 Å². The van der Waals surface area contributed by atoms with Crippen molar-refractivity contribution in [3.63, 3.8) is 0 Å². The van der Waals surface area contributed by atoms with E-state index >= 15 is 0 Å². The number of imide groups is 1. The van der Waals surface area contributed by atoms with Crippen molar-refractivity contribution in [1.29, 1.82) is 5.26 Å². The van der Waals surface area contributed by atoms with Crippen LogP contribution in [0.25, 0.3) is 6.08 Å². The summed E-state index contributed by atoms with van der Waals surface area (Å²) in [6, 6.07) is 13.3. The molecule has 2 aromatic carbocycles. The second-order valence-corrected chi connectivity index (χ2v) is 6.24. The first-order valence-corrected chi connectivity index (χ1v) is 8.78. The number of ether oxygens (including phenoxy) is 2. The van der Waals surface area contributed by atoms with Crippen molar-refractivity contribution in [2.45, 2.75) is 6.61 Å². The molecule has 0 saturated carbocycles. The number of rotatable bonds is 7. The number of carbonyl (C=O) groups is 3. The molecular weight excluding hydrogens is 390 g/mol. The summed E-state index contributed by atoms with van der Waals surface area (Å²) in [5.74, 6) is -1.20. The van der Waals surface area contributed by atoms with Gasteiger partial charge in [0.05, 0.1) is 18.7 Å². The van der Waals surface area contributed by atoms with E-state index in [4.69, 9.17) is 19.8 Å². The first-order valence-electron chi connectivity index (χ1n) is 8.78. The number of carboxylic acids is 1. The standard InChI is InChI=1S/C21H17N3O6/c1-29-18-9-13(8-16-20(27)24(11-19(25)26)21(28)23-16)6-7-17(18)30-12-15-5-3-2-4-14(15)10-22/h2-9H,11-12H2,1H3,(H,23,28)(H,25,26). The Morgan fingerprint density at radius 3 is 2.70 bits per heavy atom. The minimum absolute atomic E-state index is 0.0417. The number of nitrogens with one attached hydrogen (secondary N) is 1. The van der Waals surface area contributed by atoms with Crippen LogP contribution in [0.4, 0.5) is 4.79 Å². The van der Waals surface area contributed by atoms with Crippen LogP contribution in [0, 0.1) is 11.3 Å². The molecule has 0 aliphatic carbocycles. The number of methoxy groups -OCH3 is 1. The van der Waals surface area contributed by atoms with Gasteiger partial charge >= 0.3 is 12.0 Å². The van der Waals surface area contributed by atoms with E-state index < -0.39 is 24.5 Å². The summed E-state index contributed by atoms with van der Waals surface area (Å²) in [7, 11) is 1.46. The minimum atomic E-state index is -1.29. The van der Waals surface area contributed by atoms with Crippen LogP contribution >= 0.6 is 0 Å². The number of urea groups is 1. The summed E-state index contributed by atoms with van der Waals surface area (Å²) in [5, 5.41) is 20.3. The highest BCUT2D eigenvalue weighted by atomic mass is 16.5. The van der Waals surface area contributed by atoms with E-state index in [-0.39, 0.29) is 12.3 Å². The minimum Gasteiger partial charge on any atom is -0.493 e. The van der Waals surface area contributed by atoms with Crippen LogP contribution in [0.1, 0.15) is 16.7 Å². The Labute approximate surface area is 171 Å². The van der Waals surface area contributed by atoms with Crippen molar-refractivity contribution >= 4 is 24.0 Å². The van der Waals surface area contributed by atoms with Crippen molar-refractivity contribution in [1.82, 2.24) is 10.2 Å². The van der Waals surface area contributed by atoms with E-state index in [0.717, 1.165) is 5.56 Å². The van der Waals surface area contributed by atoms with Gasteiger partial charge in [0, 0.05) is 5.56 Å². The number of carbonyl (C=O) groups excluding carboxylic acids is 2. The maximum absolute atomic E-state index is 12.2. The van der Waals surface area contributed by atoms with Crippen LogP contribution in [-0.2, 0) is 16.2 Å². The zero-order valence-electron chi connectivity index (χ0n) is 15.9. The number of carboxylic acid groups (broad SMARTS) is 1. The average molecular weight is 407 g/mol. The predicted octanol–water partition coefficient (Wildman–Crippen LogP) is 2.12. The van der Waals surface area contributed by atoms with Crippen molar-refractivity contribution in [3.8, 4) is 17.6 Å². The van der Waals surface area contributed by atoms with Crippen LogP contribution < -0.4 is 14.8 Å². The highest BCUT2D eigenvalue weighted by Crippen LogP contribution is 2.30. The van der Waals surface area contributed by atoms with Gasteiger partial charge in [-0.3, -0.25) is 9.59 Å². The molecule has 2 aromatic rings. The third kappa shape index (κ3) is 4.39. The molecule has 152 valence electrons. The lowest BCUT2D eigenvalue weighted by atomic mass is 10.1. The van der Waals surface area contributed by atoms with E-state index in [1.54, 1.807) is 36.4 Å². The molecule has 2 N–H and O–H groups in total. The number of hydrogen-bond donors (Lipinski definition) is 2. The number of nitriles is 1. The van der Waals surface area contributed by atoms with Gasteiger partial charge in [-0.05, 0) is 29.8 Å². The van der Waals surface area contributed by atoms with Crippen LogP contribution in [0.5, 0.6) is 11.5 Å². The number of aliphatic carboxylic acids is 1. The topological polar surface area (TPSA) is 129 Å². The van der Waals surface area contributed by atoms with Gasteiger partial charge in [-0.2, -0.15) is 5.26 Å². The molecule has 1 saturated heterocycles. The Morgan fingerprint density at radius 2 is 2.00 bits per heavy atom. The van der Waals surface area contributed by atoms with E-state index in [9.17, 15) is 14.4 Å². The van der Waals surface area contributed by atoms with Crippen molar-refractivity contribution < 1.29 is 29.0 Å². The lowest BCUT2D eigenvalue weighted by Crippen LogP contribution is -2.35. The van der Waals surface area contributed by atoms with Crippen molar-refractivity contribution in [2.24, 2.45) is 0 Å². The maximum atomic E-state index is 12.2. The van der Waals surface area contributed by atoms with Gasteiger partial charge in [0.2, 0.25) is 0 Å². The van der Waals surface area contributed by atoms with E-state index in [1.165, 1.54) is 13.2 Å². The van der Waals surface area contributed by atoms with Gasteiger partial charge in [-0.25, -0.2) is 9.69 Å². The second kappa shape index (κ2) is 8.79. The summed E-state index contributed by atoms with van der Waals surface area (Å²) in [6.45, 7) is -0.554. The van der Waals surface area contributed by atoms with Crippen LogP contribution in [0.3, 0.4) is 0 Å². The molecule has 9 heteroatoms. The molecule has 1 heterocycles. The van der Waals surface area contributed by atoms with E-state index in [0.29, 0.717) is 27.5 Å². The smallest absolute Gasteiger partial charge is 0.329 e. The van der Waals surface area contributed by atoms with E-state index in [2.05, 4.69) is 11.4 Å². The van der Waals surface area contributed by atoms with Gasteiger partial charge in [-0.1, -0.05) is 24.3 Å². The lowest BCUT2D eigenvalue weighted by Gasteiger charge is -2.12. The fourth-order valence-corrected chi connectivity index (χ4v) is 2.82. The van der Waals surface area contributed by atoms with Crippen molar-refractivity contribution in [3.05, 3.63) is 64.9 Å².